The maximum atomic E-state index is 5.35. The van der Waals surface area contributed by atoms with Gasteiger partial charge in [-0.05, 0) is 6.92 Å². The molecule has 1 saturated heterocycles. The first kappa shape index (κ1) is 11.3. The van der Waals surface area contributed by atoms with E-state index >= 15 is 0 Å². The van der Waals surface area contributed by atoms with Gasteiger partial charge < -0.3 is 9.64 Å². The van der Waals surface area contributed by atoms with Crippen LogP contribution in [0.5, 0.6) is 0 Å². The van der Waals surface area contributed by atoms with Crippen LogP contribution in [0, 0.1) is 6.92 Å². The highest BCUT2D eigenvalue weighted by molar-refractivity contribution is 5.70. The van der Waals surface area contributed by atoms with E-state index in [4.69, 9.17) is 4.74 Å². The first-order valence-corrected chi connectivity index (χ1v) is 6.07. The van der Waals surface area contributed by atoms with Crippen LogP contribution in [0.1, 0.15) is 5.69 Å². The number of nitrogens with zero attached hydrogens (tertiary/aromatic N) is 5. The van der Waals surface area contributed by atoms with E-state index in [-0.39, 0.29) is 0 Å². The van der Waals surface area contributed by atoms with Crippen molar-refractivity contribution < 1.29 is 9.30 Å². The van der Waals surface area contributed by atoms with Gasteiger partial charge in [0, 0.05) is 18.1 Å². The first-order chi connectivity index (χ1) is 8.75. The monoisotopic (exact) mass is 246 g/mol. The molecule has 18 heavy (non-hydrogen) atoms. The Morgan fingerprint density at radius 2 is 2.06 bits per heavy atom. The molecule has 0 atom stereocenters. The molecular weight excluding hydrogens is 230 g/mol. The van der Waals surface area contributed by atoms with Crippen LogP contribution < -0.4 is 9.47 Å². The molecular formula is C12H16N5O+. The van der Waals surface area contributed by atoms with E-state index in [2.05, 4.69) is 19.9 Å². The number of aryl methyl sites for hydroxylation is 2. The molecule has 3 rings (SSSR count). The Kier molecular flexibility index (Phi) is 2.79. The van der Waals surface area contributed by atoms with Crippen molar-refractivity contribution in [3.8, 4) is 0 Å². The summed E-state index contributed by atoms with van der Waals surface area (Å²) in [5.41, 5.74) is 2.64. The summed E-state index contributed by atoms with van der Waals surface area (Å²) < 4.78 is 7.32. The zero-order chi connectivity index (χ0) is 12.5. The number of fused-ring (bicyclic) bond motifs is 1. The second-order valence-electron chi connectivity index (χ2n) is 4.42. The van der Waals surface area contributed by atoms with Gasteiger partial charge >= 0.3 is 11.6 Å². The average Bonchev–Trinajstić information content (AvgIpc) is 2.41. The normalized spacial score (nSPS) is 16.2. The Hall–Kier alpha value is -1.82. The Morgan fingerprint density at radius 3 is 2.83 bits per heavy atom. The van der Waals surface area contributed by atoms with Gasteiger partial charge in [-0.2, -0.15) is 4.98 Å². The zero-order valence-electron chi connectivity index (χ0n) is 10.6. The van der Waals surface area contributed by atoms with Crippen molar-refractivity contribution in [3.63, 3.8) is 0 Å². The summed E-state index contributed by atoms with van der Waals surface area (Å²) in [5.74, 6) is 0.770. The summed E-state index contributed by atoms with van der Waals surface area (Å²) in [6.45, 7) is 5.13. The Labute approximate surface area is 105 Å². The second kappa shape index (κ2) is 4.45. The quantitative estimate of drug-likeness (QED) is 0.663. The molecule has 0 N–H and O–H groups in total. The molecule has 6 heteroatoms. The smallest absolute Gasteiger partial charge is 0.355 e. The van der Waals surface area contributed by atoms with Gasteiger partial charge in [-0.1, -0.05) is 0 Å². The van der Waals surface area contributed by atoms with Gasteiger partial charge in [-0.3, -0.25) is 0 Å². The third kappa shape index (κ3) is 1.88. The summed E-state index contributed by atoms with van der Waals surface area (Å²) in [6, 6.07) is 0. The van der Waals surface area contributed by atoms with Gasteiger partial charge in [0.2, 0.25) is 0 Å². The van der Waals surface area contributed by atoms with Crippen LogP contribution in [0.3, 0.4) is 0 Å². The van der Waals surface area contributed by atoms with Crippen LogP contribution in [0.15, 0.2) is 12.4 Å². The van der Waals surface area contributed by atoms with Gasteiger partial charge in [0.05, 0.1) is 32.2 Å². The third-order valence-corrected chi connectivity index (χ3v) is 3.15. The summed E-state index contributed by atoms with van der Waals surface area (Å²) in [7, 11) is 1.97. The van der Waals surface area contributed by atoms with Crippen molar-refractivity contribution in [1.82, 2.24) is 15.0 Å². The SMILES string of the molecule is Cc1nc(N2CCOCC2)nc2c1ncc[n+]2C. The zero-order valence-corrected chi connectivity index (χ0v) is 10.6. The first-order valence-electron chi connectivity index (χ1n) is 6.07. The van der Waals surface area contributed by atoms with Crippen LogP contribution in [0.2, 0.25) is 0 Å². The maximum absolute atomic E-state index is 5.35. The lowest BCUT2D eigenvalue weighted by atomic mass is 10.3. The lowest BCUT2D eigenvalue weighted by Gasteiger charge is -2.24. The number of morpholine rings is 1. The molecule has 1 fully saturated rings. The lowest BCUT2D eigenvalue weighted by molar-refractivity contribution is -0.647. The molecule has 1 aliphatic heterocycles. The number of ether oxygens (including phenoxy) is 1. The Bertz CT molecular complexity index is 580. The number of hydrogen-bond acceptors (Lipinski definition) is 5. The molecule has 94 valence electrons. The van der Waals surface area contributed by atoms with Crippen LogP contribution in [-0.4, -0.2) is 41.3 Å². The average molecular weight is 246 g/mol. The number of anilines is 1. The predicted octanol–water partition coefficient (Wildman–Crippen LogP) is -0.00568. The van der Waals surface area contributed by atoms with Gasteiger partial charge in [-0.15, -0.1) is 0 Å². The minimum atomic E-state index is 0.736. The highest BCUT2D eigenvalue weighted by Crippen LogP contribution is 2.15. The van der Waals surface area contributed by atoms with E-state index in [1.54, 1.807) is 6.20 Å². The largest absolute Gasteiger partial charge is 0.378 e. The minimum Gasteiger partial charge on any atom is -0.378 e. The fourth-order valence-corrected chi connectivity index (χ4v) is 2.12. The summed E-state index contributed by atoms with van der Waals surface area (Å²) >= 11 is 0. The van der Waals surface area contributed by atoms with Gasteiger partial charge in [0.25, 0.3) is 0 Å². The molecule has 0 amide bonds. The molecule has 2 aromatic heterocycles. The second-order valence-corrected chi connectivity index (χ2v) is 4.42. The van der Waals surface area contributed by atoms with E-state index < -0.39 is 0 Å². The van der Waals surface area contributed by atoms with E-state index in [0.29, 0.717) is 0 Å². The molecule has 6 nitrogen and oxygen atoms in total. The van der Waals surface area contributed by atoms with E-state index in [1.165, 1.54) is 0 Å². The van der Waals surface area contributed by atoms with Crippen LogP contribution in [-0.2, 0) is 11.8 Å². The highest BCUT2D eigenvalue weighted by Gasteiger charge is 2.22. The minimum absolute atomic E-state index is 0.736. The number of rotatable bonds is 1. The maximum Gasteiger partial charge on any atom is 0.355 e. The van der Waals surface area contributed by atoms with Crippen molar-refractivity contribution >= 4 is 17.1 Å². The van der Waals surface area contributed by atoms with Crippen LogP contribution in [0.25, 0.3) is 11.2 Å². The molecule has 0 saturated carbocycles. The van der Waals surface area contributed by atoms with Crippen LogP contribution in [0.4, 0.5) is 5.95 Å². The van der Waals surface area contributed by atoms with Crippen molar-refractivity contribution in [2.75, 3.05) is 31.2 Å². The standard InChI is InChI=1S/C12H16N5O/c1-9-10-11(16(2)4-3-13-10)15-12(14-9)17-5-7-18-8-6-17/h3-4H,5-8H2,1-2H3/q+1. The molecule has 0 aromatic carbocycles. The molecule has 1 aliphatic rings. The van der Waals surface area contributed by atoms with Gasteiger partial charge in [0.1, 0.15) is 6.20 Å². The lowest BCUT2D eigenvalue weighted by Crippen LogP contribution is -2.38. The van der Waals surface area contributed by atoms with Crippen LogP contribution >= 0.6 is 0 Å². The van der Waals surface area contributed by atoms with E-state index in [9.17, 15) is 0 Å². The third-order valence-electron chi connectivity index (χ3n) is 3.15. The summed E-state index contributed by atoms with van der Waals surface area (Å²) in [5, 5.41) is 0. The molecule has 0 aliphatic carbocycles. The van der Waals surface area contributed by atoms with Crippen molar-refractivity contribution in [2.24, 2.45) is 7.05 Å². The molecule has 3 heterocycles. The molecule has 0 spiro atoms. The Balaban J connectivity index is 2.11. The molecule has 2 aromatic rings. The Morgan fingerprint density at radius 1 is 1.28 bits per heavy atom. The topological polar surface area (TPSA) is 55.0 Å². The highest BCUT2D eigenvalue weighted by atomic mass is 16.5. The summed E-state index contributed by atoms with van der Waals surface area (Å²) in [4.78, 5) is 15.7. The van der Waals surface area contributed by atoms with Gasteiger partial charge in [0.15, 0.2) is 5.52 Å². The van der Waals surface area contributed by atoms with Crippen molar-refractivity contribution in [1.29, 1.82) is 0 Å². The molecule has 0 radical (unpaired) electrons. The van der Waals surface area contributed by atoms with Crippen molar-refractivity contribution in [3.05, 3.63) is 18.1 Å². The van der Waals surface area contributed by atoms with E-state index in [1.807, 2.05) is 24.7 Å². The fraction of sp³-hybridized carbons (Fsp3) is 0.500. The summed E-state index contributed by atoms with van der Waals surface area (Å²) in [6.07, 6.45) is 3.67. The van der Waals surface area contributed by atoms with E-state index in [0.717, 1.165) is 49.1 Å². The fourth-order valence-electron chi connectivity index (χ4n) is 2.12. The van der Waals surface area contributed by atoms with Gasteiger partial charge in [-0.25, -0.2) is 9.55 Å². The number of aromatic nitrogens is 4. The number of hydrogen-bond donors (Lipinski definition) is 0. The predicted molar refractivity (Wildman–Crippen MR) is 66.3 cm³/mol. The molecule has 0 unspecified atom stereocenters. The molecule has 0 bridgehead atoms. The van der Waals surface area contributed by atoms with Crippen molar-refractivity contribution in [2.45, 2.75) is 6.92 Å².